The molecule has 0 aliphatic heterocycles. The summed E-state index contributed by atoms with van der Waals surface area (Å²) in [4.78, 5) is 4.15. The highest BCUT2D eigenvalue weighted by molar-refractivity contribution is 7.07. The molecule has 0 saturated heterocycles. The molecule has 0 aliphatic rings. The first kappa shape index (κ1) is 8.68. The SMILES string of the molecule is [O]CCCCCc1cscn1. The number of aromatic nitrogens is 1. The minimum Gasteiger partial charge on any atom is -0.250 e. The summed E-state index contributed by atoms with van der Waals surface area (Å²) in [6.07, 6.45) is 3.99. The van der Waals surface area contributed by atoms with Crippen molar-refractivity contribution in [3.63, 3.8) is 0 Å². The Morgan fingerprint density at radius 3 is 2.91 bits per heavy atom. The van der Waals surface area contributed by atoms with Gasteiger partial charge in [0, 0.05) is 5.38 Å². The zero-order chi connectivity index (χ0) is 7.94. The smallest absolute Gasteiger partial charge is 0.0822 e. The first-order valence-electron chi connectivity index (χ1n) is 3.88. The fourth-order valence-corrected chi connectivity index (χ4v) is 1.54. The van der Waals surface area contributed by atoms with Crippen molar-refractivity contribution in [1.82, 2.24) is 4.98 Å². The molecule has 0 atom stereocenters. The van der Waals surface area contributed by atoms with Crippen molar-refractivity contribution in [1.29, 1.82) is 0 Å². The van der Waals surface area contributed by atoms with Gasteiger partial charge in [-0.05, 0) is 19.3 Å². The zero-order valence-electron chi connectivity index (χ0n) is 6.45. The van der Waals surface area contributed by atoms with E-state index in [1.807, 2.05) is 5.51 Å². The van der Waals surface area contributed by atoms with Crippen LogP contribution in [0.4, 0.5) is 0 Å². The molecule has 0 amide bonds. The second-order valence-electron chi connectivity index (χ2n) is 2.49. The van der Waals surface area contributed by atoms with E-state index in [0.29, 0.717) is 0 Å². The molecule has 1 heterocycles. The molecule has 1 rings (SSSR count). The molecule has 0 fully saturated rings. The Morgan fingerprint density at radius 1 is 1.36 bits per heavy atom. The Morgan fingerprint density at radius 2 is 2.27 bits per heavy atom. The summed E-state index contributed by atoms with van der Waals surface area (Å²) >= 11 is 1.63. The Balaban J connectivity index is 2.04. The van der Waals surface area contributed by atoms with E-state index < -0.39 is 0 Å². The molecule has 0 N–H and O–H groups in total. The van der Waals surface area contributed by atoms with E-state index in [0.717, 1.165) is 25.7 Å². The summed E-state index contributed by atoms with van der Waals surface area (Å²) in [6.45, 7) is 0.0665. The molecule has 61 valence electrons. The maximum absolute atomic E-state index is 10.1. The van der Waals surface area contributed by atoms with Gasteiger partial charge in [0.15, 0.2) is 0 Å². The molecule has 1 aromatic rings. The summed E-state index contributed by atoms with van der Waals surface area (Å²) < 4.78 is 0. The van der Waals surface area contributed by atoms with Crippen molar-refractivity contribution in [3.05, 3.63) is 16.6 Å². The van der Waals surface area contributed by atoms with Gasteiger partial charge < -0.3 is 0 Å². The van der Waals surface area contributed by atoms with Gasteiger partial charge in [-0.15, -0.1) is 11.3 Å². The molecule has 0 unspecified atom stereocenters. The zero-order valence-corrected chi connectivity index (χ0v) is 7.27. The highest BCUT2D eigenvalue weighted by Crippen LogP contribution is 2.06. The fourth-order valence-electron chi connectivity index (χ4n) is 0.946. The van der Waals surface area contributed by atoms with Gasteiger partial charge in [0.05, 0.1) is 17.8 Å². The van der Waals surface area contributed by atoms with E-state index in [-0.39, 0.29) is 6.61 Å². The summed E-state index contributed by atoms with van der Waals surface area (Å²) in [6, 6.07) is 0. The largest absolute Gasteiger partial charge is 0.250 e. The minimum absolute atomic E-state index is 0.0665. The fraction of sp³-hybridized carbons (Fsp3) is 0.625. The number of aryl methyl sites for hydroxylation is 1. The predicted octanol–water partition coefficient (Wildman–Crippen LogP) is 2.29. The molecule has 1 aromatic heterocycles. The third-order valence-electron chi connectivity index (χ3n) is 1.56. The third kappa shape index (κ3) is 3.49. The van der Waals surface area contributed by atoms with E-state index >= 15 is 0 Å². The highest BCUT2D eigenvalue weighted by Gasteiger charge is 1.93. The van der Waals surface area contributed by atoms with Crippen LogP contribution in [-0.2, 0) is 11.5 Å². The lowest BCUT2D eigenvalue weighted by atomic mass is 10.2. The number of hydrogen-bond acceptors (Lipinski definition) is 2. The Hall–Kier alpha value is -0.410. The topological polar surface area (TPSA) is 32.8 Å². The van der Waals surface area contributed by atoms with E-state index in [1.54, 1.807) is 11.3 Å². The average Bonchev–Trinajstić information content (AvgIpc) is 2.50. The average molecular weight is 170 g/mol. The van der Waals surface area contributed by atoms with Gasteiger partial charge in [-0.1, -0.05) is 6.42 Å². The van der Waals surface area contributed by atoms with E-state index in [2.05, 4.69) is 10.4 Å². The minimum atomic E-state index is 0.0665. The van der Waals surface area contributed by atoms with Crippen molar-refractivity contribution in [3.8, 4) is 0 Å². The van der Waals surface area contributed by atoms with E-state index in [9.17, 15) is 5.11 Å². The van der Waals surface area contributed by atoms with Gasteiger partial charge in [-0.3, -0.25) is 0 Å². The van der Waals surface area contributed by atoms with Crippen LogP contribution in [-0.4, -0.2) is 11.6 Å². The van der Waals surface area contributed by atoms with Crippen molar-refractivity contribution in [2.75, 3.05) is 6.61 Å². The van der Waals surface area contributed by atoms with Crippen LogP contribution in [0.15, 0.2) is 10.9 Å². The number of rotatable bonds is 5. The third-order valence-corrected chi connectivity index (χ3v) is 2.20. The second-order valence-corrected chi connectivity index (χ2v) is 3.21. The molecule has 0 aliphatic carbocycles. The summed E-state index contributed by atoms with van der Waals surface area (Å²) in [7, 11) is 0. The van der Waals surface area contributed by atoms with E-state index in [1.165, 1.54) is 5.69 Å². The first-order chi connectivity index (χ1) is 5.43. The van der Waals surface area contributed by atoms with Crippen molar-refractivity contribution in [2.24, 2.45) is 0 Å². The van der Waals surface area contributed by atoms with Crippen LogP contribution in [0.2, 0.25) is 0 Å². The van der Waals surface area contributed by atoms with Crippen molar-refractivity contribution >= 4 is 11.3 Å². The summed E-state index contributed by atoms with van der Waals surface area (Å²) in [5.41, 5.74) is 3.02. The number of unbranched alkanes of at least 4 members (excludes halogenated alkanes) is 2. The van der Waals surface area contributed by atoms with Gasteiger partial charge in [-0.25, -0.2) is 10.1 Å². The lowest BCUT2D eigenvalue weighted by Gasteiger charge is -1.94. The van der Waals surface area contributed by atoms with Crippen molar-refractivity contribution in [2.45, 2.75) is 25.7 Å². The molecular weight excluding hydrogens is 158 g/mol. The summed E-state index contributed by atoms with van der Waals surface area (Å²) in [5.74, 6) is 0. The van der Waals surface area contributed by atoms with Crippen molar-refractivity contribution < 1.29 is 5.11 Å². The van der Waals surface area contributed by atoms with E-state index in [4.69, 9.17) is 0 Å². The molecule has 0 aromatic carbocycles. The van der Waals surface area contributed by atoms with Gasteiger partial charge in [0.25, 0.3) is 0 Å². The number of nitrogens with zero attached hydrogens (tertiary/aromatic N) is 1. The van der Waals surface area contributed by atoms with Crippen LogP contribution in [0, 0.1) is 0 Å². The predicted molar refractivity (Wildman–Crippen MR) is 45.2 cm³/mol. The Kier molecular flexibility index (Phi) is 4.16. The van der Waals surface area contributed by atoms with Crippen LogP contribution in [0.3, 0.4) is 0 Å². The van der Waals surface area contributed by atoms with Crippen LogP contribution in [0.5, 0.6) is 0 Å². The van der Waals surface area contributed by atoms with Crippen LogP contribution in [0.25, 0.3) is 0 Å². The number of thiazole rings is 1. The summed E-state index contributed by atoms with van der Waals surface area (Å²) in [5, 5.41) is 12.1. The maximum Gasteiger partial charge on any atom is 0.0822 e. The molecule has 2 nitrogen and oxygen atoms in total. The lowest BCUT2D eigenvalue weighted by Crippen LogP contribution is -1.86. The molecule has 0 bridgehead atoms. The first-order valence-corrected chi connectivity index (χ1v) is 4.83. The molecule has 0 saturated carbocycles. The Labute approximate surface area is 70.9 Å². The Bertz CT molecular complexity index is 174. The molecule has 0 spiro atoms. The molecular formula is C8H12NOS. The quantitative estimate of drug-likeness (QED) is 0.624. The number of hydrogen-bond donors (Lipinski definition) is 0. The van der Waals surface area contributed by atoms with Gasteiger partial charge >= 0.3 is 0 Å². The monoisotopic (exact) mass is 170 g/mol. The normalized spacial score (nSPS) is 10.3. The van der Waals surface area contributed by atoms with Crippen LogP contribution >= 0.6 is 11.3 Å². The molecule has 3 heteroatoms. The van der Waals surface area contributed by atoms with Gasteiger partial charge in [-0.2, -0.15) is 0 Å². The second kappa shape index (κ2) is 5.27. The lowest BCUT2D eigenvalue weighted by molar-refractivity contribution is 0.186. The van der Waals surface area contributed by atoms with Gasteiger partial charge in [0.2, 0.25) is 0 Å². The maximum atomic E-state index is 10.1. The molecule has 1 radical (unpaired) electrons. The molecule has 11 heavy (non-hydrogen) atoms. The van der Waals surface area contributed by atoms with Gasteiger partial charge in [0.1, 0.15) is 0 Å². The standard InChI is InChI=1S/C8H12NOS/c10-5-3-1-2-4-8-6-11-7-9-8/h6-7H,1-5H2. The van der Waals surface area contributed by atoms with Crippen LogP contribution in [0.1, 0.15) is 25.0 Å². The highest BCUT2D eigenvalue weighted by atomic mass is 32.1. The van der Waals surface area contributed by atoms with Crippen LogP contribution < -0.4 is 0 Å².